The van der Waals surface area contributed by atoms with Crippen LogP contribution < -0.4 is 10.6 Å². The smallest absolute Gasteiger partial charge is 0.175 e. The second-order valence-corrected chi connectivity index (χ2v) is 11.0. The topological polar surface area (TPSA) is 43.1 Å². The number of hydrogen-bond donors (Lipinski definition) is 3. The molecule has 4 rings (SSSR count). The first-order chi connectivity index (χ1) is 15.5. The SMILES string of the molecule is CCCC(C)N1CCC(c2c[nH]c3ccc(NC(=S)Nc4cccc(I)c4Br)cc23)CC1. The summed E-state index contributed by atoms with van der Waals surface area (Å²) in [7, 11) is 0. The number of benzene rings is 2. The van der Waals surface area contributed by atoms with E-state index in [1.54, 1.807) is 0 Å². The highest BCUT2D eigenvalue weighted by Gasteiger charge is 2.25. The van der Waals surface area contributed by atoms with Crippen LogP contribution in [0.2, 0.25) is 0 Å². The molecule has 1 aliphatic rings. The van der Waals surface area contributed by atoms with Gasteiger partial charge in [-0.3, -0.25) is 0 Å². The van der Waals surface area contributed by atoms with E-state index in [9.17, 15) is 0 Å². The molecule has 1 aliphatic heterocycles. The van der Waals surface area contributed by atoms with Crippen molar-refractivity contribution in [2.75, 3.05) is 23.7 Å². The fourth-order valence-corrected chi connectivity index (χ4v) is 5.78. The molecule has 170 valence electrons. The summed E-state index contributed by atoms with van der Waals surface area (Å²) in [5.74, 6) is 0.608. The van der Waals surface area contributed by atoms with E-state index < -0.39 is 0 Å². The zero-order valence-electron chi connectivity index (χ0n) is 18.6. The first kappa shape index (κ1) is 24.0. The minimum atomic E-state index is 0.586. The zero-order valence-corrected chi connectivity index (χ0v) is 23.1. The molecule has 1 saturated heterocycles. The van der Waals surface area contributed by atoms with Crippen molar-refractivity contribution in [3.8, 4) is 0 Å². The van der Waals surface area contributed by atoms with Crippen LogP contribution in [-0.4, -0.2) is 34.1 Å². The second-order valence-electron chi connectivity index (χ2n) is 8.63. The molecule has 1 fully saturated rings. The van der Waals surface area contributed by atoms with Crippen molar-refractivity contribution in [1.29, 1.82) is 0 Å². The van der Waals surface area contributed by atoms with Gasteiger partial charge < -0.3 is 20.5 Å². The second kappa shape index (κ2) is 10.8. The van der Waals surface area contributed by atoms with Crippen LogP contribution in [0.4, 0.5) is 11.4 Å². The van der Waals surface area contributed by atoms with E-state index in [0.717, 1.165) is 19.4 Å². The van der Waals surface area contributed by atoms with Gasteiger partial charge in [-0.25, -0.2) is 0 Å². The van der Waals surface area contributed by atoms with Gasteiger partial charge in [-0.15, -0.1) is 0 Å². The lowest BCUT2D eigenvalue weighted by Crippen LogP contribution is -2.39. The van der Waals surface area contributed by atoms with Gasteiger partial charge in [-0.2, -0.15) is 0 Å². The van der Waals surface area contributed by atoms with E-state index in [-0.39, 0.29) is 0 Å². The standard InChI is InChI=1S/C25H30BrIN4S/c1-3-5-16(2)31-12-10-17(11-13-31)20-15-28-22-9-8-18(14-19(20)22)29-25(32)30-23-7-4-6-21(27)24(23)26/h4,6-9,14-17,28H,3,5,10-13H2,1-2H3,(H2,29,30,32). The molecule has 0 amide bonds. The van der Waals surface area contributed by atoms with Gasteiger partial charge in [0.2, 0.25) is 0 Å². The van der Waals surface area contributed by atoms with E-state index in [0.29, 0.717) is 17.1 Å². The highest BCUT2D eigenvalue weighted by molar-refractivity contribution is 14.1. The van der Waals surface area contributed by atoms with Crippen LogP contribution >= 0.6 is 50.7 Å². The Morgan fingerprint density at radius 2 is 2.03 bits per heavy atom. The Bertz CT molecular complexity index is 1090. The number of hydrogen-bond acceptors (Lipinski definition) is 2. The summed E-state index contributed by atoms with van der Waals surface area (Å²) in [6, 6.07) is 13.2. The number of halogens is 2. The summed E-state index contributed by atoms with van der Waals surface area (Å²) in [5, 5.41) is 8.55. The number of nitrogens with zero attached hydrogens (tertiary/aromatic N) is 1. The number of likely N-dealkylation sites (tertiary alicyclic amines) is 1. The average molecular weight is 625 g/mol. The predicted molar refractivity (Wildman–Crippen MR) is 153 cm³/mol. The Kier molecular flexibility index (Phi) is 8.13. The molecule has 1 unspecified atom stereocenters. The van der Waals surface area contributed by atoms with E-state index in [1.807, 2.05) is 12.1 Å². The highest BCUT2D eigenvalue weighted by atomic mass is 127. The van der Waals surface area contributed by atoms with Gasteiger partial charge >= 0.3 is 0 Å². The summed E-state index contributed by atoms with van der Waals surface area (Å²) in [6.45, 7) is 7.03. The van der Waals surface area contributed by atoms with Gasteiger partial charge in [0.15, 0.2) is 5.11 Å². The summed E-state index contributed by atoms with van der Waals surface area (Å²) < 4.78 is 2.16. The van der Waals surface area contributed by atoms with E-state index in [1.165, 1.54) is 55.2 Å². The maximum atomic E-state index is 5.58. The van der Waals surface area contributed by atoms with Crippen LogP contribution in [0.1, 0.15) is 51.0 Å². The lowest BCUT2D eigenvalue weighted by atomic mass is 9.88. The summed E-state index contributed by atoms with van der Waals surface area (Å²) in [4.78, 5) is 6.14. The van der Waals surface area contributed by atoms with Crippen molar-refractivity contribution in [3.05, 3.63) is 56.2 Å². The molecular formula is C25H30BrIN4S. The molecule has 2 heterocycles. The van der Waals surface area contributed by atoms with Crippen molar-refractivity contribution in [2.24, 2.45) is 0 Å². The Morgan fingerprint density at radius 1 is 1.25 bits per heavy atom. The summed E-state index contributed by atoms with van der Waals surface area (Å²) >= 11 is 11.5. The monoisotopic (exact) mass is 624 g/mol. The van der Waals surface area contributed by atoms with Crippen molar-refractivity contribution in [1.82, 2.24) is 9.88 Å². The van der Waals surface area contributed by atoms with Gasteiger partial charge in [0.05, 0.1) is 10.2 Å². The van der Waals surface area contributed by atoms with Gasteiger partial charge in [0.1, 0.15) is 0 Å². The van der Waals surface area contributed by atoms with Crippen LogP contribution in [0.3, 0.4) is 0 Å². The fourth-order valence-electron chi connectivity index (χ4n) is 4.69. The third-order valence-electron chi connectivity index (χ3n) is 6.47. The van der Waals surface area contributed by atoms with E-state index in [2.05, 4.69) is 103 Å². The summed E-state index contributed by atoms with van der Waals surface area (Å²) in [6.07, 6.45) is 7.21. The molecule has 32 heavy (non-hydrogen) atoms. The molecule has 2 aromatic carbocycles. The quantitative estimate of drug-likeness (QED) is 0.194. The molecule has 0 aliphatic carbocycles. The molecular weight excluding hydrogens is 595 g/mol. The third-order valence-corrected chi connectivity index (χ3v) is 9.17. The van der Waals surface area contributed by atoms with Crippen molar-refractivity contribution >= 4 is 78.1 Å². The Balaban J connectivity index is 1.45. The zero-order chi connectivity index (χ0) is 22.7. The number of H-pyrrole nitrogens is 1. The number of aromatic nitrogens is 1. The summed E-state index contributed by atoms with van der Waals surface area (Å²) in [5.41, 5.74) is 4.59. The highest BCUT2D eigenvalue weighted by Crippen LogP contribution is 2.35. The third kappa shape index (κ3) is 5.48. The number of fused-ring (bicyclic) bond motifs is 1. The van der Waals surface area contributed by atoms with Crippen molar-refractivity contribution in [3.63, 3.8) is 0 Å². The van der Waals surface area contributed by atoms with Crippen molar-refractivity contribution in [2.45, 2.75) is 51.5 Å². The lowest BCUT2D eigenvalue weighted by Gasteiger charge is -2.36. The number of thiocarbonyl (C=S) groups is 1. The Hall–Kier alpha value is -1.16. The van der Waals surface area contributed by atoms with Crippen LogP contribution in [0.5, 0.6) is 0 Å². The number of anilines is 2. The van der Waals surface area contributed by atoms with Crippen LogP contribution in [0.25, 0.3) is 10.9 Å². The molecule has 4 nitrogen and oxygen atoms in total. The molecule has 0 radical (unpaired) electrons. The van der Waals surface area contributed by atoms with E-state index >= 15 is 0 Å². The molecule has 0 saturated carbocycles. The molecule has 1 aromatic heterocycles. The minimum absolute atomic E-state index is 0.586. The molecule has 3 N–H and O–H groups in total. The lowest BCUT2D eigenvalue weighted by molar-refractivity contribution is 0.155. The van der Waals surface area contributed by atoms with Crippen LogP contribution in [0.15, 0.2) is 47.1 Å². The molecule has 0 bridgehead atoms. The fraction of sp³-hybridized carbons (Fsp3) is 0.400. The normalized spacial score (nSPS) is 16.2. The maximum Gasteiger partial charge on any atom is 0.175 e. The molecule has 3 aromatic rings. The number of aromatic amines is 1. The molecule has 1 atom stereocenters. The van der Waals surface area contributed by atoms with Gasteiger partial charge in [0, 0.05) is 32.4 Å². The molecule has 0 spiro atoms. The first-order valence-corrected chi connectivity index (χ1v) is 13.6. The van der Waals surface area contributed by atoms with Gasteiger partial charge in [0.25, 0.3) is 0 Å². The molecule has 7 heteroatoms. The van der Waals surface area contributed by atoms with E-state index in [4.69, 9.17) is 12.2 Å². The Labute approximate surface area is 218 Å². The van der Waals surface area contributed by atoms with Crippen molar-refractivity contribution < 1.29 is 0 Å². The number of nitrogens with one attached hydrogen (secondary N) is 3. The van der Waals surface area contributed by atoms with Gasteiger partial charge in [-0.05, 0) is 132 Å². The average Bonchev–Trinajstić information content (AvgIpc) is 3.20. The van der Waals surface area contributed by atoms with Gasteiger partial charge in [-0.1, -0.05) is 19.4 Å². The largest absolute Gasteiger partial charge is 0.361 e. The Morgan fingerprint density at radius 3 is 2.78 bits per heavy atom. The van der Waals surface area contributed by atoms with Crippen LogP contribution in [0, 0.1) is 3.57 Å². The number of rotatable bonds is 6. The number of piperidine rings is 1. The first-order valence-electron chi connectivity index (χ1n) is 11.3. The predicted octanol–water partition coefficient (Wildman–Crippen LogP) is 7.71. The minimum Gasteiger partial charge on any atom is -0.361 e. The van der Waals surface area contributed by atoms with Crippen LogP contribution in [-0.2, 0) is 0 Å². The maximum absolute atomic E-state index is 5.58.